The SMILES string of the molecule is CCC(Sc1cccc(NC(=O)/C(=C/c2ccco2)NC(=O)c2ccccc2)c1)C(=O)Nc1sc2c(c1C(=O)OC)CCN(Cc1ccccc1)C2. The van der Waals surface area contributed by atoms with Crippen molar-refractivity contribution in [1.29, 1.82) is 0 Å². The Kier molecular flexibility index (Phi) is 12.0. The lowest BCUT2D eigenvalue weighted by molar-refractivity contribution is -0.116. The molecule has 5 aromatic rings. The summed E-state index contributed by atoms with van der Waals surface area (Å²) < 4.78 is 10.5. The summed E-state index contributed by atoms with van der Waals surface area (Å²) in [4.78, 5) is 57.3. The number of nitrogens with zero attached hydrogens (tertiary/aromatic N) is 1. The Morgan fingerprint density at radius 1 is 0.962 bits per heavy atom. The maximum Gasteiger partial charge on any atom is 0.341 e. The molecule has 1 atom stereocenters. The van der Waals surface area contributed by atoms with Crippen LogP contribution in [0.15, 0.2) is 118 Å². The molecule has 52 heavy (non-hydrogen) atoms. The molecule has 3 heterocycles. The molecule has 0 radical (unpaired) electrons. The number of nitrogens with one attached hydrogen (secondary N) is 3. The number of anilines is 2. The van der Waals surface area contributed by atoms with Crippen LogP contribution in [0.2, 0.25) is 0 Å². The van der Waals surface area contributed by atoms with Crippen LogP contribution in [0, 0.1) is 0 Å². The fraction of sp³-hybridized carbons (Fsp3) is 0.200. The Morgan fingerprint density at radius 2 is 1.73 bits per heavy atom. The molecule has 1 unspecified atom stereocenters. The quantitative estimate of drug-likeness (QED) is 0.0641. The summed E-state index contributed by atoms with van der Waals surface area (Å²) in [6, 6.07) is 29.4. The van der Waals surface area contributed by atoms with Gasteiger partial charge in [0.25, 0.3) is 11.8 Å². The summed E-state index contributed by atoms with van der Waals surface area (Å²) in [5, 5.41) is 8.59. The van der Waals surface area contributed by atoms with E-state index in [1.54, 1.807) is 60.7 Å². The molecule has 3 N–H and O–H groups in total. The van der Waals surface area contributed by atoms with E-state index in [9.17, 15) is 19.2 Å². The third-order valence-electron chi connectivity index (χ3n) is 8.40. The van der Waals surface area contributed by atoms with Crippen LogP contribution in [0.4, 0.5) is 10.7 Å². The van der Waals surface area contributed by atoms with Crippen molar-refractivity contribution in [2.24, 2.45) is 0 Å². The molecule has 12 heteroatoms. The van der Waals surface area contributed by atoms with Crippen LogP contribution in [0.1, 0.15) is 55.8 Å². The Hall–Kier alpha value is -5.43. The lowest BCUT2D eigenvalue weighted by Crippen LogP contribution is -2.30. The minimum atomic E-state index is -0.549. The van der Waals surface area contributed by atoms with Crippen LogP contribution in [-0.4, -0.2) is 47.5 Å². The molecule has 0 fully saturated rings. The Labute approximate surface area is 310 Å². The first-order valence-electron chi connectivity index (χ1n) is 16.8. The number of ether oxygens (including phenoxy) is 1. The van der Waals surface area contributed by atoms with Gasteiger partial charge in [-0.2, -0.15) is 0 Å². The van der Waals surface area contributed by atoms with Crippen LogP contribution in [0.3, 0.4) is 0 Å². The van der Waals surface area contributed by atoms with Gasteiger partial charge in [-0.1, -0.05) is 61.5 Å². The van der Waals surface area contributed by atoms with E-state index < -0.39 is 23.0 Å². The van der Waals surface area contributed by atoms with Gasteiger partial charge in [0, 0.05) is 46.7 Å². The molecular formula is C40H38N4O6S2. The highest BCUT2D eigenvalue weighted by molar-refractivity contribution is 8.00. The van der Waals surface area contributed by atoms with E-state index in [0.29, 0.717) is 47.0 Å². The molecule has 0 aliphatic carbocycles. The molecule has 0 saturated carbocycles. The zero-order chi connectivity index (χ0) is 36.5. The highest BCUT2D eigenvalue weighted by Crippen LogP contribution is 2.39. The average molecular weight is 735 g/mol. The Balaban J connectivity index is 1.14. The molecule has 0 saturated heterocycles. The zero-order valence-corrected chi connectivity index (χ0v) is 30.4. The maximum absolute atomic E-state index is 13.7. The number of fused-ring (bicyclic) bond motifs is 1. The van der Waals surface area contributed by atoms with E-state index in [1.165, 1.54) is 48.1 Å². The van der Waals surface area contributed by atoms with E-state index in [2.05, 4.69) is 33.0 Å². The van der Waals surface area contributed by atoms with E-state index in [4.69, 9.17) is 9.15 Å². The van der Waals surface area contributed by atoms with Crippen molar-refractivity contribution < 1.29 is 28.3 Å². The lowest BCUT2D eigenvalue weighted by atomic mass is 10.0. The molecule has 1 aliphatic heterocycles. The summed E-state index contributed by atoms with van der Waals surface area (Å²) in [6.07, 6.45) is 4.12. The van der Waals surface area contributed by atoms with Gasteiger partial charge in [-0.25, -0.2) is 4.79 Å². The number of hydrogen-bond donors (Lipinski definition) is 3. The number of carbonyl (C=O) groups is 4. The summed E-state index contributed by atoms with van der Waals surface area (Å²) in [5.74, 6) is -1.30. The first-order chi connectivity index (χ1) is 25.3. The van der Waals surface area contributed by atoms with Crippen LogP contribution < -0.4 is 16.0 Å². The number of hydrogen-bond acceptors (Lipinski definition) is 9. The highest BCUT2D eigenvalue weighted by Gasteiger charge is 2.30. The molecule has 1 aliphatic rings. The maximum atomic E-state index is 13.7. The number of amides is 3. The van der Waals surface area contributed by atoms with Crippen molar-refractivity contribution in [3.8, 4) is 0 Å². The second kappa shape index (κ2) is 17.2. The van der Waals surface area contributed by atoms with Gasteiger partial charge in [0.1, 0.15) is 16.5 Å². The molecule has 3 amide bonds. The predicted molar refractivity (Wildman–Crippen MR) is 204 cm³/mol. The third kappa shape index (κ3) is 9.07. The standard InChI is InChI=1S/C40H38N4O6S2/c1-3-33(38(47)43-39-35(40(48)49-2)31-19-20-44(25-34(31)52-39)24-26-12-6-4-7-13-26)51-30-18-10-16-28(22-30)41-37(46)32(23-29-17-11-21-50-29)42-36(45)27-14-8-5-9-15-27/h4-18,21-23,33H,3,19-20,24-25H2,1-2H3,(H,41,46)(H,42,45)(H,43,47)/b32-23-. The van der Waals surface area contributed by atoms with Crippen molar-refractivity contribution in [2.45, 2.75) is 43.0 Å². The smallest absolute Gasteiger partial charge is 0.341 e. The second-order valence-corrected chi connectivity index (χ2v) is 14.4. The summed E-state index contributed by atoms with van der Waals surface area (Å²) in [5.41, 5.74) is 3.45. The molecule has 10 nitrogen and oxygen atoms in total. The summed E-state index contributed by atoms with van der Waals surface area (Å²) in [6.45, 7) is 4.18. The minimum absolute atomic E-state index is 0.00378. The van der Waals surface area contributed by atoms with Gasteiger partial charge in [-0.05, 0) is 66.4 Å². The first-order valence-corrected chi connectivity index (χ1v) is 18.5. The fourth-order valence-corrected chi connectivity index (χ4v) is 8.12. The largest absolute Gasteiger partial charge is 0.465 e. The van der Waals surface area contributed by atoms with E-state index in [1.807, 2.05) is 31.2 Å². The fourth-order valence-electron chi connectivity index (χ4n) is 5.82. The number of carbonyl (C=O) groups excluding carboxylic acids is 4. The monoisotopic (exact) mass is 734 g/mol. The molecule has 3 aromatic carbocycles. The topological polar surface area (TPSA) is 130 Å². The lowest BCUT2D eigenvalue weighted by Gasteiger charge is -2.27. The molecule has 0 spiro atoms. The van der Waals surface area contributed by atoms with Gasteiger partial charge >= 0.3 is 5.97 Å². The number of thioether (sulfide) groups is 1. The molecule has 0 bridgehead atoms. The first kappa shape index (κ1) is 36.4. The molecule has 266 valence electrons. The van der Waals surface area contributed by atoms with Gasteiger partial charge in [0.2, 0.25) is 5.91 Å². The van der Waals surface area contributed by atoms with Crippen molar-refractivity contribution >= 4 is 63.6 Å². The highest BCUT2D eigenvalue weighted by atomic mass is 32.2. The summed E-state index contributed by atoms with van der Waals surface area (Å²) >= 11 is 2.78. The summed E-state index contributed by atoms with van der Waals surface area (Å²) in [7, 11) is 1.35. The Morgan fingerprint density at radius 3 is 2.44 bits per heavy atom. The zero-order valence-electron chi connectivity index (χ0n) is 28.7. The molecule has 6 rings (SSSR count). The van der Waals surface area contributed by atoms with Crippen molar-refractivity contribution in [2.75, 3.05) is 24.3 Å². The van der Waals surface area contributed by atoms with Crippen LogP contribution in [0.25, 0.3) is 6.08 Å². The number of rotatable bonds is 13. The van der Waals surface area contributed by atoms with Crippen LogP contribution in [0.5, 0.6) is 0 Å². The van der Waals surface area contributed by atoms with Gasteiger partial charge in [-0.3, -0.25) is 19.3 Å². The second-order valence-electron chi connectivity index (χ2n) is 12.0. The van der Waals surface area contributed by atoms with E-state index in [0.717, 1.165) is 28.4 Å². The number of thiophene rings is 1. The Bertz CT molecular complexity index is 2060. The van der Waals surface area contributed by atoms with E-state index in [-0.39, 0.29) is 11.6 Å². The van der Waals surface area contributed by atoms with Crippen molar-refractivity contribution in [1.82, 2.24) is 10.2 Å². The average Bonchev–Trinajstić information content (AvgIpc) is 3.81. The van der Waals surface area contributed by atoms with Crippen molar-refractivity contribution in [3.63, 3.8) is 0 Å². The third-order valence-corrected chi connectivity index (χ3v) is 10.9. The number of furan rings is 1. The van der Waals surface area contributed by atoms with Gasteiger partial charge in [0.15, 0.2) is 0 Å². The molecular weight excluding hydrogens is 697 g/mol. The van der Waals surface area contributed by atoms with Gasteiger partial charge in [0.05, 0.1) is 24.2 Å². The van der Waals surface area contributed by atoms with E-state index >= 15 is 0 Å². The number of esters is 1. The minimum Gasteiger partial charge on any atom is -0.465 e. The number of methoxy groups -OCH3 is 1. The number of benzene rings is 3. The van der Waals surface area contributed by atoms with Crippen LogP contribution >= 0.6 is 23.1 Å². The molecule has 2 aromatic heterocycles. The van der Waals surface area contributed by atoms with Gasteiger partial charge in [-0.15, -0.1) is 23.1 Å². The normalized spacial score (nSPS) is 13.5. The predicted octanol–water partition coefficient (Wildman–Crippen LogP) is 7.61. The van der Waals surface area contributed by atoms with Crippen molar-refractivity contribution in [3.05, 3.63) is 142 Å². The van der Waals surface area contributed by atoms with Gasteiger partial charge < -0.3 is 25.1 Å². The van der Waals surface area contributed by atoms with Crippen LogP contribution in [-0.2, 0) is 33.8 Å².